The normalized spacial score (nSPS) is 22.2. The summed E-state index contributed by atoms with van der Waals surface area (Å²) in [5.74, 6) is 0.960. The van der Waals surface area contributed by atoms with Gasteiger partial charge in [-0.1, -0.05) is 35.4 Å². The number of carbonyl (C=O) groups excluding carboxylic acids is 1. The fourth-order valence-electron chi connectivity index (χ4n) is 3.10. The Hall–Kier alpha value is -1.69. The Balaban J connectivity index is 0.000000730. The number of nitrogens with zero attached hydrogens (tertiary/aromatic N) is 7. The smallest absolute Gasteiger partial charge is 0.373 e. The molecule has 8 nitrogen and oxygen atoms in total. The molecule has 2 unspecified atom stereocenters. The van der Waals surface area contributed by atoms with Gasteiger partial charge in [0.05, 0.1) is 0 Å². The molecule has 0 spiro atoms. The van der Waals surface area contributed by atoms with Crippen LogP contribution in [0.15, 0.2) is 35.4 Å². The van der Waals surface area contributed by atoms with Crippen LogP contribution in [-0.2, 0) is 4.79 Å². The Labute approximate surface area is 168 Å². The van der Waals surface area contributed by atoms with Crippen molar-refractivity contribution in [3.8, 4) is 0 Å². The zero-order chi connectivity index (χ0) is 17.4. The number of benzene rings is 1. The zero-order valence-electron chi connectivity index (χ0n) is 14.4. The molecule has 126 valence electrons. The van der Waals surface area contributed by atoms with Crippen LogP contribution in [0, 0.1) is 5.92 Å². The standard InChI is InChI=1S/C16H20N4O.N3.Na/c17-19-18-15-10-14(13-4-2-1-3-5-13)8-9-20(16(15)21)11-12-6-7-12;1-3-2;/h1-5,12,14-15H,6-11H2;;/q;-1;+1. The molecule has 0 bridgehead atoms. The monoisotopic (exact) mass is 349 g/mol. The van der Waals surface area contributed by atoms with E-state index in [0.29, 0.717) is 12.3 Å². The summed E-state index contributed by atoms with van der Waals surface area (Å²) >= 11 is 0. The summed E-state index contributed by atoms with van der Waals surface area (Å²) in [6.07, 6.45) is 4.00. The molecule has 1 saturated heterocycles. The summed E-state index contributed by atoms with van der Waals surface area (Å²) in [5, 5.41) is 3.77. The molecule has 1 aliphatic heterocycles. The number of amides is 1. The third-order valence-corrected chi connectivity index (χ3v) is 4.49. The molecule has 0 aromatic heterocycles. The van der Waals surface area contributed by atoms with E-state index in [2.05, 4.69) is 22.2 Å². The van der Waals surface area contributed by atoms with E-state index in [1.54, 1.807) is 0 Å². The van der Waals surface area contributed by atoms with Gasteiger partial charge < -0.3 is 16.0 Å². The molecule has 0 radical (unpaired) electrons. The zero-order valence-corrected chi connectivity index (χ0v) is 16.4. The first-order valence-corrected chi connectivity index (χ1v) is 8.06. The predicted molar refractivity (Wildman–Crippen MR) is 90.7 cm³/mol. The van der Waals surface area contributed by atoms with Gasteiger partial charge in [0, 0.05) is 18.0 Å². The molecule has 1 saturated carbocycles. The summed E-state index contributed by atoms with van der Waals surface area (Å²) in [6, 6.07) is 9.67. The summed E-state index contributed by atoms with van der Waals surface area (Å²) in [7, 11) is 0. The van der Waals surface area contributed by atoms with Crippen LogP contribution in [0.25, 0.3) is 26.4 Å². The molecule has 1 aromatic carbocycles. The number of azide groups is 1. The second kappa shape index (κ2) is 11.0. The van der Waals surface area contributed by atoms with E-state index in [4.69, 9.17) is 16.6 Å². The number of carbonyl (C=O) groups is 1. The van der Waals surface area contributed by atoms with Gasteiger partial charge in [0.2, 0.25) is 5.91 Å². The van der Waals surface area contributed by atoms with Crippen molar-refractivity contribution in [2.45, 2.75) is 37.6 Å². The average molecular weight is 349 g/mol. The van der Waals surface area contributed by atoms with Crippen molar-refractivity contribution < 1.29 is 34.4 Å². The molecule has 1 heterocycles. The van der Waals surface area contributed by atoms with Crippen molar-refractivity contribution >= 4 is 5.91 Å². The fraction of sp³-hybridized carbons (Fsp3) is 0.562. The van der Waals surface area contributed by atoms with Crippen LogP contribution in [-0.4, -0.2) is 29.9 Å². The Morgan fingerprint density at radius 2 is 1.76 bits per heavy atom. The number of likely N-dealkylation sites (tertiary alicyclic amines) is 1. The molecular formula is C16H20N7NaO. The first-order valence-electron chi connectivity index (χ1n) is 8.06. The van der Waals surface area contributed by atoms with E-state index in [0.717, 1.165) is 19.5 Å². The number of rotatable bonds is 4. The Bertz CT molecular complexity index is 637. The van der Waals surface area contributed by atoms with E-state index in [9.17, 15) is 4.79 Å². The molecular weight excluding hydrogens is 329 g/mol. The number of hydrogen-bond acceptors (Lipinski definition) is 2. The minimum atomic E-state index is -0.554. The van der Waals surface area contributed by atoms with E-state index in [1.165, 1.54) is 23.3 Å². The molecule has 0 N–H and O–H groups in total. The second-order valence-corrected chi connectivity index (χ2v) is 6.17. The van der Waals surface area contributed by atoms with E-state index >= 15 is 0 Å². The fourth-order valence-corrected chi connectivity index (χ4v) is 3.10. The van der Waals surface area contributed by atoms with Crippen LogP contribution in [0.3, 0.4) is 0 Å². The third-order valence-electron chi connectivity index (χ3n) is 4.49. The molecule has 3 rings (SSSR count). The largest absolute Gasteiger partial charge is 1.00 e. The van der Waals surface area contributed by atoms with Crippen molar-refractivity contribution in [2.75, 3.05) is 13.1 Å². The summed E-state index contributed by atoms with van der Waals surface area (Å²) in [5.41, 5.74) is 23.5. The van der Waals surface area contributed by atoms with Crippen molar-refractivity contribution in [2.24, 2.45) is 11.0 Å². The SMILES string of the molecule is [N-]=[N+]=NC1CC(c2ccccc2)CCN(CC2CC2)C1=O.[N-]=[N+]=[N-].[Na+]. The topological polar surface area (TPSA) is 128 Å². The van der Waals surface area contributed by atoms with Gasteiger partial charge in [0.25, 0.3) is 0 Å². The van der Waals surface area contributed by atoms with Gasteiger partial charge in [-0.15, -0.1) is 0 Å². The second-order valence-electron chi connectivity index (χ2n) is 6.17. The molecule has 2 aliphatic rings. The van der Waals surface area contributed by atoms with Crippen LogP contribution >= 0.6 is 0 Å². The van der Waals surface area contributed by atoms with E-state index in [-0.39, 0.29) is 41.4 Å². The molecule has 1 aromatic rings. The minimum Gasteiger partial charge on any atom is -0.373 e. The van der Waals surface area contributed by atoms with Crippen molar-refractivity contribution in [1.82, 2.24) is 4.90 Å². The molecule has 2 fully saturated rings. The Kier molecular flexibility index (Phi) is 9.42. The maximum Gasteiger partial charge on any atom is 1.00 e. The molecule has 1 aliphatic carbocycles. The first-order chi connectivity index (χ1) is 11.7. The molecule has 2 atom stereocenters. The van der Waals surface area contributed by atoms with Crippen LogP contribution in [0.4, 0.5) is 0 Å². The van der Waals surface area contributed by atoms with Crippen molar-refractivity contribution in [3.05, 3.63) is 62.3 Å². The maximum atomic E-state index is 12.5. The average Bonchev–Trinajstić information content (AvgIpc) is 3.42. The Morgan fingerprint density at radius 3 is 2.32 bits per heavy atom. The van der Waals surface area contributed by atoms with E-state index in [1.807, 2.05) is 23.1 Å². The molecule has 9 heteroatoms. The van der Waals surface area contributed by atoms with Crippen LogP contribution in [0.1, 0.15) is 37.2 Å². The van der Waals surface area contributed by atoms with Crippen molar-refractivity contribution in [3.63, 3.8) is 0 Å². The summed E-state index contributed by atoms with van der Waals surface area (Å²) < 4.78 is 0. The van der Waals surface area contributed by atoms with Crippen LogP contribution in [0.5, 0.6) is 0 Å². The predicted octanol–water partition coefficient (Wildman–Crippen LogP) is 1.35. The quantitative estimate of drug-likeness (QED) is 0.346. The third kappa shape index (κ3) is 6.61. The van der Waals surface area contributed by atoms with E-state index < -0.39 is 6.04 Å². The van der Waals surface area contributed by atoms with Gasteiger partial charge in [0.15, 0.2) is 0 Å². The van der Waals surface area contributed by atoms with Gasteiger partial charge in [-0.3, -0.25) is 9.71 Å². The van der Waals surface area contributed by atoms with Gasteiger partial charge in [-0.2, -0.15) is 0 Å². The number of hydrogen-bond donors (Lipinski definition) is 0. The Morgan fingerprint density at radius 1 is 1.12 bits per heavy atom. The maximum absolute atomic E-state index is 12.5. The molecule has 1 amide bonds. The minimum absolute atomic E-state index is 0. The summed E-state index contributed by atoms with van der Waals surface area (Å²) in [4.78, 5) is 18.8. The molecule has 25 heavy (non-hydrogen) atoms. The van der Waals surface area contributed by atoms with Gasteiger partial charge in [-0.05, 0) is 48.6 Å². The van der Waals surface area contributed by atoms with Gasteiger partial charge in [-0.25, -0.2) is 0 Å². The van der Waals surface area contributed by atoms with Crippen LogP contribution in [0.2, 0.25) is 0 Å². The van der Waals surface area contributed by atoms with Gasteiger partial charge in [0.1, 0.15) is 6.04 Å². The first kappa shape index (κ1) is 21.4. The van der Waals surface area contributed by atoms with Gasteiger partial charge >= 0.3 is 29.6 Å². The van der Waals surface area contributed by atoms with Crippen molar-refractivity contribution in [1.29, 1.82) is 0 Å². The van der Waals surface area contributed by atoms with Crippen LogP contribution < -0.4 is 29.6 Å². The summed E-state index contributed by atoms with van der Waals surface area (Å²) in [6.45, 7) is 1.60.